The summed E-state index contributed by atoms with van der Waals surface area (Å²) in [6, 6.07) is 0. The van der Waals surface area contributed by atoms with Gasteiger partial charge in [-0.25, -0.2) is 19.1 Å². The summed E-state index contributed by atoms with van der Waals surface area (Å²) in [5.41, 5.74) is 0. The standard InChI is InChI=1S/C4H7.Mo/c1-3-4-2;/h3-4H,1H2,2H3;/q-1;/b4-3+;. The van der Waals surface area contributed by atoms with Crippen LogP contribution in [0.1, 0.15) is 6.92 Å². The van der Waals surface area contributed by atoms with E-state index in [0.29, 0.717) is 0 Å². The maximum atomic E-state index is 3.42. The van der Waals surface area contributed by atoms with Crippen molar-refractivity contribution < 1.29 is 21.1 Å². The Morgan fingerprint density at radius 2 is 1.80 bits per heavy atom. The van der Waals surface area contributed by atoms with Gasteiger partial charge >= 0.3 is 0 Å². The molecule has 1 heteroatoms. The quantitative estimate of drug-likeness (QED) is 0.362. The molecule has 0 heterocycles. The van der Waals surface area contributed by atoms with Gasteiger partial charge < -0.3 is 0 Å². The van der Waals surface area contributed by atoms with Gasteiger partial charge in [0.1, 0.15) is 0 Å². The van der Waals surface area contributed by atoms with E-state index in [2.05, 4.69) is 6.92 Å². The van der Waals surface area contributed by atoms with Gasteiger partial charge in [-0.2, -0.15) is 0 Å². The van der Waals surface area contributed by atoms with Crippen LogP contribution in [0.25, 0.3) is 0 Å². The molecule has 0 spiro atoms. The van der Waals surface area contributed by atoms with Gasteiger partial charge in [0.15, 0.2) is 0 Å². The second-order valence-electron chi connectivity index (χ2n) is 0.569. The zero-order chi connectivity index (χ0) is 3.41. The first kappa shape index (κ1) is 9.00. The van der Waals surface area contributed by atoms with Gasteiger partial charge in [-0.05, 0) is 0 Å². The molecule has 0 nitrogen and oxygen atoms in total. The average molecular weight is 151 g/mol. The molecule has 30 valence electrons. The van der Waals surface area contributed by atoms with Crippen molar-refractivity contribution in [3.63, 3.8) is 0 Å². The van der Waals surface area contributed by atoms with Crippen LogP contribution in [0.3, 0.4) is 0 Å². The van der Waals surface area contributed by atoms with Crippen molar-refractivity contribution in [2.45, 2.75) is 6.92 Å². The Bertz CT molecular complexity index is 18.8. The summed E-state index contributed by atoms with van der Waals surface area (Å²) in [5.74, 6) is 0. The average Bonchev–Trinajstić information content (AvgIpc) is 1.37. The largest absolute Gasteiger partial charge is 0.245 e. The van der Waals surface area contributed by atoms with E-state index in [-0.39, 0.29) is 21.1 Å². The molecule has 0 aliphatic carbocycles. The van der Waals surface area contributed by atoms with E-state index in [1.165, 1.54) is 0 Å². The first-order chi connectivity index (χ1) is 1.91. The summed E-state index contributed by atoms with van der Waals surface area (Å²) >= 11 is 0. The van der Waals surface area contributed by atoms with Crippen LogP contribution in [-0.4, -0.2) is 0 Å². The molecule has 0 aromatic heterocycles. The van der Waals surface area contributed by atoms with E-state index in [9.17, 15) is 0 Å². The van der Waals surface area contributed by atoms with Crippen LogP contribution < -0.4 is 0 Å². The molecule has 0 radical (unpaired) electrons. The second kappa shape index (κ2) is 8.85. The minimum atomic E-state index is 0. The summed E-state index contributed by atoms with van der Waals surface area (Å²) in [4.78, 5) is 0. The van der Waals surface area contributed by atoms with E-state index in [1.807, 2.05) is 13.0 Å². The van der Waals surface area contributed by atoms with Crippen molar-refractivity contribution in [3.05, 3.63) is 19.1 Å². The van der Waals surface area contributed by atoms with E-state index < -0.39 is 0 Å². The van der Waals surface area contributed by atoms with Crippen molar-refractivity contribution in [2.24, 2.45) is 0 Å². The van der Waals surface area contributed by atoms with Gasteiger partial charge in [-0.15, -0.1) is 6.92 Å². The van der Waals surface area contributed by atoms with E-state index in [1.54, 1.807) is 6.08 Å². The normalized spacial score (nSPS) is 7.40. The Labute approximate surface area is 47.5 Å². The number of rotatable bonds is 0. The van der Waals surface area contributed by atoms with Gasteiger partial charge in [0, 0.05) is 21.1 Å². The summed E-state index contributed by atoms with van der Waals surface area (Å²) < 4.78 is 0. The van der Waals surface area contributed by atoms with Crippen molar-refractivity contribution >= 4 is 0 Å². The molecule has 0 saturated heterocycles. The van der Waals surface area contributed by atoms with Gasteiger partial charge in [-0.1, -0.05) is 0 Å². The molecule has 0 saturated carbocycles. The smallest absolute Gasteiger partial charge is 0 e. The number of hydrogen-bond donors (Lipinski definition) is 0. The summed E-state index contributed by atoms with van der Waals surface area (Å²) in [6.07, 6.45) is 3.64. The van der Waals surface area contributed by atoms with Gasteiger partial charge in [0.25, 0.3) is 0 Å². The zero-order valence-electron chi connectivity index (χ0n) is 3.27. The molecule has 0 N–H and O–H groups in total. The zero-order valence-corrected chi connectivity index (χ0v) is 5.28. The first-order valence-electron chi connectivity index (χ1n) is 1.32. The van der Waals surface area contributed by atoms with Crippen LogP contribution in [0.15, 0.2) is 12.2 Å². The van der Waals surface area contributed by atoms with Crippen LogP contribution in [0.5, 0.6) is 0 Å². The van der Waals surface area contributed by atoms with Gasteiger partial charge in [0.2, 0.25) is 0 Å². The molecule has 0 atom stereocenters. The van der Waals surface area contributed by atoms with Crippen molar-refractivity contribution in [1.29, 1.82) is 0 Å². The summed E-state index contributed by atoms with van der Waals surface area (Å²) in [6.45, 7) is 5.36. The van der Waals surface area contributed by atoms with Gasteiger partial charge in [-0.3, -0.25) is 0 Å². The van der Waals surface area contributed by atoms with Crippen LogP contribution >= 0.6 is 0 Å². The molecular weight excluding hydrogens is 144 g/mol. The predicted octanol–water partition coefficient (Wildman–Crippen LogP) is 1.39. The molecule has 0 aromatic carbocycles. The van der Waals surface area contributed by atoms with E-state index in [4.69, 9.17) is 0 Å². The maximum Gasteiger partial charge on any atom is 0 e. The summed E-state index contributed by atoms with van der Waals surface area (Å²) in [5, 5.41) is 0. The molecule has 5 heavy (non-hydrogen) atoms. The molecule has 0 unspecified atom stereocenters. The fourth-order valence-electron chi connectivity index (χ4n) is 0. The Kier molecular flexibility index (Phi) is 15.9. The van der Waals surface area contributed by atoms with E-state index >= 15 is 0 Å². The Balaban J connectivity index is 0. The number of allylic oxidation sites excluding steroid dienone is 2. The fourth-order valence-corrected chi connectivity index (χ4v) is 0. The molecule has 0 aliphatic rings. The fraction of sp³-hybridized carbons (Fsp3) is 0.250. The van der Waals surface area contributed by atoms with Crippen molar-refractivity contribution in [3.8, 4) is 0 Å². The van der Waals surface area contributed by atoms with Crippen LogP contribution in [0.4, 0.5) is 0 Å². The monoisotopic (exact) mass is 153 g/mol. The van der Waals surface area contributed by atoms with Crippen molar-refractivity contribution in [1.82, 2.24) is 0 Å². The molecular formula is C4H7Mo-. The first-order valence-corrected chi connectivity index (χ1v) is 1.32. The summed E-state index contributed by atoms with van der Waals surface area (Å²) in [7, 11) is 0. The third-order valence-corrected chi connectivity index (χ3v) is 0.236. The molecule has 0 rings (SSSR count). The Hall–Kier alpha value is 0.298. The molecule has 0 fully saturated rings. The third kappa shape index (κ3) is 13.5. The topological polar surface area (TPSA) is 0 Å². The third-order valence-electron chi connectivity index (χ3n) is 0.236. The SMILES string of the molecule is [CH2-]/C=C/C.[Mo]. The van der Waals surface area contributed by atoms with Crippen LogP contribution in [-0.2, 0) is 21.1 Å². The van der Waals surface area contributed by atoms with Gasteiger partial charge in [0.05, 0.1) is 0 Å². The minimum Gasteiger partial charge on any atom is -0.245 e. The molecule has 0 bridgehead atoms. The number of hydrogen-bond acceptors (Lipinski definition) is 0. The second-order valence-corrected chi connectivity index (χ2v) is 0.569. The Morgan fingerprint density at radius 3 is 1.80 bits per heavy atom. The van der Waals surface area contributed by atoms with E-state index in [0.717, 1.165) is 0 Å². The Morgan fingerprint density at radius 1 is 1.60 bits per heavy atom. The predicted molar refractivity (Wildman–Crippen MR) is 20.2 cm³/mol. The van der Waals surface area contributed by atoms with Crippen molar-refractivity contribution in [2.75, 3.05) is 0 Å². The molecule has 0 aromatic rings. The van der Waals surface area contributed by atoms with Crippen LogP contribution in [0.2, 0.25) is 0 Å². The minimum absolute atomic E-state index is 0. The van der Waals surface area contributed by atoms with Crippen LogP contribution in [0, 0.1) is 6.92 Å². The molecule has 0 amide bonds. The maximum absolute atomic E-state index is 3.42. The molecule has 0 aliphatic heterocycles.